The lowest BCUT2D eigenvalue weighted by Crippen LogP contribution is -2.46. The van der Waals surface area contributed by atoms with E-state index in [1.807, 2.05) is 60.7 Å². The minimum absolute atomic E-state index is 0.00317. The standard InChI is InChI=1S/C29H26ClNO6/c1-29(2,3)37-28(34)31-23(14-18-10-6-4-7-11-18)27(33)36-25-17-24-21(15-22(25)30)20(16-26(32)35-24)19-12-8-5-9-13-19/h4-13,15-17,23H,14H2,1-3H3,(H,31,34)/t23-/m0/s1. The maximum Gasteiger partial charge on any atom is 0.408 e. The van der Waals surface area contributed by atoms with Crippen molar-refractivity contribution < 1.29 is 23.5 Å². The molecule has 3 aromatic carbocycles. The Bertz CT molecular complexity index is 1480. The van der Waals surface area contributed by atoms with E-state index in [-0.39, 0.29) is 22.8 Å². The number of ether oxygens (including phenoxy) is 2. The van der Waals surface area contributed by atoms with Gasteiger partial charge in [0.15, 0.2) is 5.75 Å². The smallest absolute Gasteiger partial charge is 0.408 e. The first-order chi connectivity index (χ1) is 17.6. The number of fused-ring (bicyclic) bond motifs is 1. The number of hydrogen-bond acceptors (Lipinski definition) is 6. The highest BCUT2D eigenvalue weighted by atomic mass is 35.5. The van der Waals surface area contributed by atoms with Crippen LogP contribution in [0.5, 0.6) is 5.75 Å². The Morgan fingerprint density at radius 1 is 0.973 bits per heavy atom. The van der Waals surface area contributed by atoms with E-state index >= 15 is 0 Å². The molecule has 1 atom stereocenters. The average molecular weight is 520 g/mol. The van der Waals surface area contributed by atoms with Gasteiger partial charge in [0.05, 0.1) is 5.02 Å². The molecule has 1 N–H and O–H groups in total. The zero-order valence-corrected chi connectivity index (χ0v) is 21.4. The maximum atomic E-state index is 13.2. The van der Waals surface area contributed by atoms with Gasteiger partial charge in [-0.2, -0.15) is 0 Å². The summed E-state index contributed by atoms with van der Waals surface area (Å²) in [5.74, 6) is -0.755. The number of carbonyl (C=O) groups excluding carboxylic acids is 2. The molecule has 0 aliphatic carbocycles. The highest BCUT2D eigenvalue weighted by molar-refractivity contribution is 6.33. The number of carbonyl (C=O) groups is 2. The fraction of sp³-hybridized carbons (Fsp3) is 0.207. The van der Waals surface area contributed by atoms with Crippen LogP contribution in [0.2, 0.25) is 5.02 Å². The van der Waals surface area contributed by atoms with Gasteiger partial charge >= 0.3 is 17.7 Å². The molecular formula is C29H26ClNO6. The van der Waals surface area contributed by atoms with Crippen molar-refractivity contribution in [2.75, 3.05) is 0 Å². The average Bonchev–Trinajstić information content (AvgIpc) is 2.84. The third-order valence-corrected chi connectivity index (χ3v) is 5.65. The molecule has 1 aromatic heterocycles. The Hall–Kier alpha value is -4.10. The molecule has 0 aliphatic heterocycles. The fourth-order valence-electron chi connectivity index (χ4n) is 3.77. The van der Waals surface area contributed by atoms with Gasteiger partial charge in [0, 0.05) is 23.9 Å². The monoisotopic (exact) mass is 519 g/mol. The van der Waals surface area contributed by atoms with E-state index in [1.165, 1.54) is 12.1 Å². The third-order valence-electron chi connectivity index (χ3n) is 5.35. The molecule has 7 nitrogen and oxygen atoms in total. The van der Waals surface area contributed by atoms with E-state index in [0.717, 1.165) is 11.1 Å². The second-order valence-electron chi connectivity index (χ2n) is 9.43. The molecule has 0 bridgehead atoms. The summed E-state index contributed by atoms with van der Waals surface area (Å²) in [6.45, 7) is 5.18. The van der Waals surface area contributed by atoms with Crippen molar-refractivity contribution in [1.82, 2.24) is 5.32 Å². The van der Waals surface area contributed by atoms with Crippen LogP contribution in [0.25, 0.3) is 22.1 Å². The van der Waals surface area contributed by atoms with Crippen LogP contribution in [-0.4, -0.2) is 23.7 Å². The van der Waals surface area contributed by atoms with E-state index in [4.69, 9.17) is 25.5 Å². The molecule has 0 spiro atoms. The molecule has 0 saturated heterocycles. The van der Waals surface area contributed by atoms with E-state index in [1.54, 1.807) is 26.8 Å². The van der Waals surface area contributed by atoms with Gasteiger partial charge < -0.3 is 19.2 Å². The first kappa shape index (κ1) is 26.0. The summed E-state index contributed by atoms with van der Waals surface area (Å²) in [6.07, 6.45) is -0.592. The first-order valence-corrected chi connectivity index (χ1v) is 12.0. The van der Waals surface area contributed by atoms with Gasteiger partial charge in [-0.25, -0.2) is 14.4 Å². The van der Waals surface area contributed by atoms with Crippen molar-refractivity contribution in [2.45, 2.75) is 38.8 Å². The molecule has 190 valence electrons. The molecule has 0 fully saturated rings. The van der Waals surface area contributed by atoms with Gasteiger partial charge in [-0.1, -0.05) is 72.3 Å². The molecule has 0 aliphatic rings. The zero-order chi connectivity index (χ0) is 26.6. The van der Waals surface area contributed by atoms with Crippen molar-refractivity contribution in [2.24, 2.45) is 0 Å². The summed E-state index contributed by atoms with van der Waals surface area (Å²) >= 11 is 6.50. The SMILES string of the molecule is CC(C)(C)OC(=O)N[C@@H](Cc1ccccc1)C(=O)Oc1cc2oc(=O)cc(-c3ccccc3)c2cc1Cl. The van der Waals surface area contributed by atoms with Crippen molar-refractivity contribution in [3.63, 3.8) is 0 Å². The van der Waals surface area contributed by atoms with Crippen LogP contribution in [0.3, 0.4) is 0 Å². The number of benzene rings is 3. The molecule has 1 heterocycles. The van der Waals surface area contributed by atoms with Crippen molar-refractivity contribution in [1.29, 1.82) is 0 Å². The highest BCUT2D eigenvalue weighted by Crippen LogP contribution is 2.35. The minimum Gasteiger partial charge on any atom is -0.444 e. The Balaban J connectivity index is 1.65. The van der Waals surface area contributed by atoms with Crippen LogP contribution in [-0.2, 0) is 16.0 Å². The van der Waals surface area contributed by atoms with Crippen LogP contribution in [0.15, 0.2) is 88.1 Å². The number of nitrogens with one attached hydrogen (secondary N) is 1. The molecular weight excluding hydrogens is 494 g/mol. The summed E-state index contributed by atoms with van der Waals surface area (Å²) in [4.78, 5) is 37.9. The molecule has 0 saturated carbocycles. The first-order valence-electron chi connectivity index (χ1n) is 11.7. The van der Waals surface area contributed by atoms with Crippen molar-refractivity contribution in [3.05, 3.63) is 99.9 Å². The second-order valence-corrected chi connectivity index (χ2v) is 9.84. The number of halogens is 1. The lowest BCUT2D eigenvalue weighted by molar-refractivity contribution is -0.136. The van der Waals surface area contributed by atoms with Crippen LogP contribution < -0.4 is 15.7 Å². The van der Waals surface area contributed by atoms with Crippen LogP contribution >= 0.6 is 11.6 Å². The molecule has 8 heteroatoms. The summed E-state index contributed by atoms with van der Waals surface area (Å²) < 4.78 is 16.3. The van der Waals surface area contributed by atoms with E-state index < -0.39 is 29.3 Å². The van der Waals surface area contributed by atoms with Gasteiger partial charge in [-0.05, 0) is 43.5 Å². The molecule has 0 unspecified atom stereocenters. The number of esters is 1. The zero-order valence-electron chi connectivity index (χ0n) is 20.6. The summed E-state index contributed by atoms with van der Waals surface area (Å²) in [7, 11) is 0. The number of hydrogen-bond donors (Lipinski definition) is 1. The molecule has 1 amide bonds. The quantitative estimate of drug-likeness (QED) is 0.186. The number of rotatable bonds is 6. The van der Waals surface area contributed by atoms with Gasteiger partial charge in [0.1, 0.15) is 17.2 Å². The Labute approximate surface area is 219 Å². The summed E-state index contributed by atoms with van der Waals surface area (Å²) in [5.41, 5.74) is 1.16. The van der Waals surface area contributed by atoms with E-state index in [2.05, 4.69) is 5.32 Å². The Morgan fingerprint density at radius 2 is 1.62 bits per heavy atom. The fourth-order valence-corrected chi connectivity index (χ4v) is 3.97. The predicted octanol–water partition coefficient (Wildman–Crippen LogP) is 6.15. The van der Waals surface area contributed by atoms with E-state index in [9.17, 15) is 14.4 Å². The predicted molar refractivity (Wildman–Crippen MR) is 142 cm³/mol. The molecule has 4 aromatic rings. The van der Waals surface area contributed by atoms with Gasteiger partial charge in [-0.3, -0.25) is 0 Å². The van der Waals surface area contributed by atoms with Gasteiger partial charge in [0.25, 0.3) is 0 Å². The summed E-state index contributed by atoms with van der Waals surface area (Å²) in [6, 6.07) is 21.8. The molecule has 0 radical (unpaired) electrons. The molecule has 4 rings (SSSR count). The van der Waals surface area contributed by atoms with Crippen LogP contribution in [0, 0.1) is 0 Å². The maximum absolute atomic E-state index is 13.2. The minimum atomic E-state index is -1.06. The topological polar surface area (TPSA) is 94.8 Å². The van der Waals surface area contributed by atoms with Crippen molar-refractivity contribution >= 4 is 34.6 Å². The number of alkyl carbamates (subject to hydrolysis) is 1. The lowest BCUT2D eigenvalue weighted by atomic mass is 10.0. The normalized spacial score (nSPS) is 12.1. The Kier molecular flexibility index (Phi) is 7.64. The number of amides is 1. The van der Waals surface area contributed by atoms with Crippen molar-refractivity contribution in [3.8, 4) is 16.9 Å². The second kappa shape index (κ2) is 10.9. The third kappa shape index (κ3) is 6.77. The van der Waals surface area contributed by atoms with E-state index in [0.29, 0.717) is 10.9 Å². The Morgan fingerprint density at radius 3 is 2.27 bits per heavy atom. The van der Waals surface area contributed by atoms with Gasteiger partial charge in [-0.15, -0.1) is 0 Å². The van der Waals surface area contributed by atoms with Crippen LogP contribution in [0.4, 0.5) is 4.79 Å². The van der Waals surface area contributed by atoms with Crippen LogP contribution in [0.1, 0.15) is 26.3 Å². The highest BCUT2D eigenvalue weighted by Gasteiger charge is 2.27. The lowest BCUT2D eigenvalue weighted by Gasteiger charge is -2.23. The largest absolute Gasteiger partial charge is 0.444 e. The molecule has 37 heavy (non-hydrogen) atoms. The summed E-state index contributed by atoms with van der Waals surface area (Å²) in [5, 5.41) is 3.31. The van der Waals surface area contributed by atoms with Gasteiger partial charge in [0.2, 0.25) is 0 Å².